The van der Waals surface area contributed by atoms with Crippen molar-refractivity contribution in [2.24, 2.45) is 16.5 Å². The number of amides is 1. The SMILES string of the molecule is CCc1cc2c(cc1C(=O)N=C(N)N)S(=O)(=O)C(C)O2. The van der Waals surface area contributed by atoms with Gasteiger partial charge < -0.3 is 16.2 Å². The van der Waals surface area contributed by atoms with Crippen LogP contribution < -0.4 is 16.2 Å². The van der Waals surface area contributed by atoms with Crippen LogP contribution in [0.5, 0.6) is 5.75 Å². The zero-order valence-electron chi connectivity index (χ0n) is 11.1. The van der Waals surface area contributed by atoms with Gasteiger partial charge in [0.1, 0.15) is 10.6 Å². The molecule has 0 bridgehead atoms. The molecule has 1 aromatic rings. The smallest absolute Gasteiger partial charge is 0.280 e. The summed E-state index contributed by atoms with van der Waals surface area (Å²) >= 11 is 0. The van der Waals surface area contributed by atoms with Crippen molar-refractivity contribution in [1.29, 1.82) is 0 Å². The Balaban J connectivity index is 2.64. The lowest BCUT2D eigenvalue weighted by Gasteiger charge is -2.06. The summed E-state index contributed by atoms with van der Waals surface area (Å²) in [6.45, 7) is 3.28. The van der Waals surface area contributed by atoms with E-state index in [1.165, 1.54) is 13.0 Å². The van der Waals surface area contributed by atoms with E-state index in [1.54, 1.807) is 6.07 Å². The van der Waals surface area contributed by atoms with Crippen molar-refractivity contribution in [2.45, 2.75) is 30.6 Å². The number of hydrogen-bond donors (Lipinski definition) is 2. The molecular formula is C12H15N3O4S. The van der Waals surface area contributed by atoms with Crippen LogP contribution in [-0.2, 0) is 16.3 Å². The van der Waals surface area contributed by atoms with Gasteiger partial charge in [-0.1, -0.05) is 6.92 Å². The van der Waals surface area contributed by atoms with Gasteiger partial charge in [0.25, 0.3) is 5.91 Å². The van der Waals surface area contributed by atoms with E-state index in [2.05, 4.69) is 4.99 Å². The van der Waals surface area contributed by atoms with Crippen molar-refractivity contribution in [3.63, 3.8) is 0 Å². The zero-order valence-corrected chi connectivity index (χ0v) is 11.9. The van der Waals surface area contributed by atoms with Gasteiger partial charge in [-0.05, 0) is 31.0 Å². The highest BCUT2D eigenvalue weighted by Crippen LogP contribution is 2.37. The van der Waals surface area contributed by atoms with Gasteiger partial charge in [0, 0.05) is 5.56 Å². The van der Waals surface area contributed by atoms with Crippen LogP contribution in [0.1, 0.15) is 29.8 Å². The summed E-state index contributed by atoms with van der Waals surface area (Å²) in [7, 11) is -3.58. The van der Waals surface area contributed by atoms with E-state index >= 15 is 0 Å². The third-order valence-corrected chi connectivity index (χ3v) is 4.95. The molecule has 0 saturated carbocycles. The zero-order chi connectivity index (χ0) is 15.1. The summed E-state index contributed by atoms with van der Waals surface area (Å²) < 4.78 is 29.4. The third kappa shape index (κ3) is 2.22. The van der Waals surface area contributed by atoms with E-state index in [0.29, 0.717) is 12.0 Å². The van der Waals surface area contributed by atoms with Gasteiger partial charge in [-0.2, -0.15) is 4.99 Å². The van der Waals surface area contributed by atoms with Crippen LogP contribution in [0.3, 0.4) is 0 Å². The fourth-order valence-electron chi connectivity index (χ4n) is 2.01. The summed E-state index contributed by atoms with van der Waals surface area (Å²) in [5, 5.41) is 0. The Morgan fingerprint density at radius 1 is 1.40 bits per heavy atom. The number of sulfone groups is 1. The summed E-state index contributed by atoms with van der Waals surface area (Å²) in [5.74, 6) is -0.778. The Morgan fingerprint density at radius 2 is 2.05 bits per heavy atom. The van der Waals surface area contributed by atoms with Gasteiger partial charge in [-0.15, -0.1) is 0 Å². The predicted molar refractivity (Wildman–Crippen MR) is 73.2 cm³/mol. The Morgan fingerprint density at radius 3 is 2.60 bits per heavy atom. The minimum Gasteiger partial charge on any atom is -0.473 e. The minimum absolute atomic E-state index is 0.00339. The molecule has 20 heavy (non-hydrogen) atoms. The number of ether oxygens (including phenoxy) is 1. The Kier molecular flexibility index (Phi) is 3.43. The molecule has 7 nitrogen and oxygen atoms in total. The molecule has 1 atom stereocenters. The highest BCUT2D eigenvalue weighted by molar-refractivity contribution is 7.92. The highest BCUT2D eigenvalue weighted by Gasteiger charge is 2.37. The van der Waals surface area contributed by atoms with E-state index in [0.717, 1.165) is 0 Å². The molecule has 0 fully saturated rings. The summed E-state index contributed by atoms with van der Waals surface area (Å²) in [6.07, 6.45) is 0.520. The summed E-state index contributed by atoms with van der Waals surface area (Å²) in [4.78, 5) is 15.4. The molecule has 1 aromatic carbocycles. The quantitative estimate of drug-likeness (QED) is 0.592. The van der Waals surface area contributed by atoms with Crippen LogP contribution in [0.2, 0.25) is 0 Å². The van der Waals surface area contributed by atoms with Crippen LogP contribution >= 0.6 is 0 Å². The molecule has 0 saturated heterocycles. The molecule has 2 rings (SSSR count). The number of fused-ring (bicyclic) bond motifs is 1. The molecule has 0 aliphatic carbocycles. The Hall–Kier alpha value is -2.09. The molecule has 108 valence electrons. The highest BCUT2D eigenvalue weighted by atomic mass is 32.2. The number of hydrogen-bond acceptors (Lipinski definition) is 4. The molecule has 1 heterocycles. The molecule has 4 N–H and O–H groups in total. The number of aliphatic imine (C=N–C) groups is 1. The van der Waals surface area contributed by atoms with Gasteiger partial charge in [0.05, 0.1) is 0 Å². The number of nitrogens with two attached hydrogens (primary N) is 2. The van der Waals surface area contributed by atoms with Gasteiger partial charge in [-0.3, -0.25) is 4.79 Å². The molecule has 1 unspecified atom stereocenters. The monoisotopic (exact) mass is 297 g/mol. The second-order valence-electron chi connectivity index (χ2n) is 4.38. The first kappa shape index (κ1) is 14.3. The maximum absolute atomic E-state index is 12.1. The molecule has 1 aliphatic heterocycles. The molecule has 8 heteroatoms. The second-order valence-corrected chi connectivity index (χ2v) is 6.58. The van der Waals surface area contributed by atoms with Crippen LogP contribution in [0.25, 0.3) is 0 Å². The van der Waals surface area contributed by atoms with E-state index in [9.17, 15) is 13.2 Å². The predicted octanol–water partition coefficient (Wildman–Crippen LogP) is 0.175. The summed E-state index contributed by atoms with van der Waals surface area (Å²) in [6, 6.07) is 2.83. The standard InChI is InChI=1S/C12H15N3O4S/c1-3-7-4-9-10(20(17,18)6(2)19-9)5-8(7)11(16)15-12(13)14/h4-6H,3H2,1-2H3,(H4,13,14,15,16). The van der Waals surface area contributed by atoms with Crippen LogP contribution in [-0.4, -0.2) is 25.7 Å². The summed E-state index contributed by atoms with van der Waals surface area (Å²) in [5.41, 5.74) is 10.2. The molecular weight excluding hydrogens is 282 g/mol. The maximum Gasteiger partial charge on any atom is 0.280 e. The first-order valence-corrected chi connectivity index (χ1v) is 7.53. The van der Waals surface area contributed by atoms with E-state index in [-0.39, 0.29) is 22.2 Å². The second kappa shape index (κ2) is 4.78. The van der Waals surface area contributed by atoms with Crippen LogP contribution in [0.4, 0.5) is 0 Å². The molecule has 0 radical (unpaired) electrons. The minimum atomic E-state index is -3.58. The van der Waals surface area contributed by atoms with Crippen molar-refractivity contribution in [3.8, 4) is 5.75 Å². The third-order valence-electron chi connectivity index (χ3n) is 3.05. The molecule has 0 aromatic heterocycles. The van der Waals surface area contributed by atoms with Crippen LogP contribution in [0, 0.1) is 0 Å². The molecule has 1 aliphatic rings. The number of benzene rings is 1. The van der Waals surface area contributed by atoms with Crippen molar-refractivity contribution in [2.75, 3.05) is 0 Å². The average molecular weight is 297 g/mol. The normalized spacial score (nSPS) is 19.0. The average Bonchev–Trinajstić information content (AvgIpc) is 2.57. The number of nitrogens with zero attached hydrogens (tertiary/aromatic N) is 1. The first-order valence-electron chi connectivity index (χ1n) is 5.98. The largest absolute Gasteiger partial charge is 0.473 e. The van der Waals surface area contributed by atoms with E-state index in [1.807, 2.05) is 6.92 Å². The van der Waals surface area contributed by atoms with E-state index < -0.39 is 21.2 Å². The topological polar surface area (TPSA) is 125 Å². The van der Waals surface area contributed by atoms with Gasteiger partial charge >= 0.3 is 0 Å². The fraction of sp³-hybridized carbons (Fsp3) is 0.333. The lowest BCUT2D eigenvalue weighted by atomic mass is 10.0. The van der Waals surface area contributed by atoms with Crippen molar-refractivity contribution in [3.05, 3.63) is 23.3 Å². The molecule has 0 spiro atoms. The molecule has 1 amide bonds. The lowest BCUT2D eigenvalue weighted by Crippen LogP contribution is -2.24. The van der Waals surface area contributed by atoms with Gasteiger partial charge in [-0.25, -0.2) is 8.42 Å². The number of guanidine groups is 1. The number of carbonyl (C=O) groups is 1. The van der Waals surface area contributed by atoms with Crippen LogP contribution in [0.15, 0.2) is 22.0 Å². The van der Waals surface area contributed by atoms with Crippen molar-refractivity contribution in [1.82, 2.24) is 0 Å². The lowest BCUT2D eigenvalue weighted by molar-refractivity contribution is 0.100. The van der Waals surface area contributed by atoms with Crippen molar-refractivity contribution >= 4 is 21.7 Å². The number of carbonyl (C=O) groups excluding carboxylic acids is 1. The van der Waals surface area contributed by atoms with Gasteiger partial charge in [0.2, 0.25) is 15.3 Å². The fourth-order valence-corrected chi connectivity index (χ4v) is 3.26. The van der Waals surface area contributed by atoms with Gasteiger partial charge in [0.15, 0.2) is 5.96 Å². The Labute approximate surface area is 116 Å². The van der Waals surface area contributed by atoms with E-state index in [4.69, 9.17) is 16.2 Å². The number of aryl methyl sites for hydroxylation is 1. The number of rotatable bonds is 2. The van der Waals surface area contributed by atoms with Crippen molar-refractivity contribution < 1.29 is 17.9 Å². The first-order chi connectivity index (χ1) is 9.27. The Bertz CT molecular complexity index is 706. The maximum atomic E-state index is 12.1.